The lowest BCUT2D eigenvalue weighted by molar-refractivity contribution is 0.381. The summed E-state index contributed by atoms with van der Waals surface area (Å²) in [5.41, 5.74) is 2.44. The summed E-state index contributed by atoms with van der Waals surface area (Å²) in [5, 5.41) is 7.20. The van der Waals surface area contributed by atoms with Gasteiger partial charge in [0.1, 0.15) is 0 Å². The van der Waals surface area contributed by atoms with E-state index in [0.29, 0.717) is 0 Å². The molecule has 0 atom stereocenters. The van der Waals surface area contributed by atoms with Crippen LogP contribution in [0, 0.1) is 0 Å². The summed E-state index contributed by atoms with van der Waals surface area (Å²) >= 11 is 0. The highest BCUT2D eigenvalue weighted by atomic mass is 16.5. The first-order valence-corrected chi connectivity index (χ1v) is 5.91. The molecule has 0 spiro atoms. The van der Waals surface area contributed by atoms with Crippen molar-refractivity contribution < 1.29 is 4.52 Å². The van der Waals surface area contributed by atoms with Crippen molar-refractivity contribution in [3.05, 3.63) is 42.3 Å². The molecule has 1 aliphatic rings. The van der Waals surface area contributed by atoms with Gasteiger partial charge in [0.05, 0.1) is 24.1 Å². The van der Waals surface area contributed by atoms with Gasteiger partial charge >= 0.3 is 0 Å². The standard InChI is InChI=1S/C13H15N3O/c1-2-5-13-12(4-1)14-7-3-9-16(13)10-11-6-8-15-17-11/h1-2,4-6,8,14H,3,7,9-10H2. The summed E-state index contributed by atoms with van der Waals surface area (Å²) in [5.74, 6) is 0.904. The maximum Gasteiger partial charge on any atom is 0.155 e. The zero-order valence-corrected chi connectivity index (χ0v) is 9.60. The molecule has 0 fully saturated rings. The molecular formula is C13H15N3O. The first kappa shape index (κ1) is 10.2. The van der Waals surface area contributed by atoms with Crippen LogP contribution in [-0.4, -0.2) is 18.2 Å². The van der Waals surface area contributed by atoms with Crippen LogP contribution in [0.3, 0.4) is 0 Å². The summed E-state index contributed by atoms with van der Waals surface area (Å²) < 4.78 is 5.18. The molecule has 1 N–H and O–H groups in total. The Balaban J connectivity index is 1.89. The first-order chi connectivity index (χ1) is 8.43. The Bertz CT molecular complexity index is 481. The van der Waals surface area contributed by atoms with E-state index in [2.05, 4.69) is 39.6 Å². The van der Waals surface area contributed by atoms with E-state index in [1.165, 1.54) is 11.4 Å². The van der Waals surface area contributed by atoms with Crippen molar-refractivity contribution in [1.82, 2.24) is 5.16 Å². The Morgan fingerprint density at radius 3 is 3.12 bits per heavy atom. The molecule has 0 unspecified atom stereocenters. The third kappa shape index (κ3) is 2.11. The Kier molecular flexibility index (Phi) is 2.69. The molecule has 0 radical (unpaired) electrons. The van der Waals surface area contributed by atoms with E-state index in [9.17, 15) is 0 Å². The van der Waals surface area contributed by atoms with Crippen LogP contribution in [0.25, 0.3) is 0 Å². The van der Waals surface area contributed by atoms with Crippen molar-refractivity contribution in [2.75, 3.05) is 23.3 Å². The van der Waals surface area contributed by atoms with Crippen molar-refractivity contribution in [3.63, 3.8) is 0 Å². The monoisotopic (exact) mass is 229 g/mol. The van der Waals surface area contributed by atoms with Gasteiger partial charge in [-0.15, -0.1) is 0 Å². The van der Waals surface area contributed by atoms with Crippen LogP contribution in [0.15, 0.2) is 41.1 Å². The van der Waals surface area contributed by atoms with Crippen LogP contribution in [-0.2, 0) is 6.54 Å². The average Bonchev–Trinajstić information content (AvgIpc) is 2.78. The zero-order valence-electron chi connectivity index (χ0n) is 9.60. The topological polar surface area (TPSA) is 41.3 Å². The van der Waals surface area contributed by atoms with Gasteiger partial charge in [0.15, 0.2) is 5.76 Å². The molecule has 2 heterocycles. The minimum Gasteiger partial charge on any atom is -0.383 e. The number of fused-ring (bicyclic) bond motifs is 1. The molecule has 0 bridgehead atoms. The van der Waals surface area contributed by atoms with E-state index in [1.54, 1.807) is 6.20 Å². The van der Waals surface area contributed by atoms with E-state index < -0.39 is 0 Å². The predicted molar refractivity (Wildman–Crippen MR) is 67.1 cm³/mol. The summed E-state index contributed by atoms with van der Waals surface area (Å²) in [4.78, 5) is 2.33. The lowest BCUT2D eigenvalue weighted by atomic mass is 10.2. The quantitative estimate of drug-likeness (QED) is 0.859. The molecule has 88 valence electrons. The molecule has 0 aliphatic carbocycles. The molecular weight excluding hydrogens is 214 g/mol. The van der Waals surface area contributed by atoms with Crippen molar-refractivity contribution in [3.8, 4) is 0 Å². The molecule has 4 nitrogen and oxygen atoms in total. The minimum atomic E-state index is 0.776. The SMILES string of the molecule is c1ccc2c(c1)NCCCN2Cc1ccno1. The second-order valence-corrected chi connectivity index (χ2v) is 4.20. The lowest BCUT2D eigenvalue weighted by Gasteiger charge is -2.22. The van der Waals surface area contributed by atoms with Crippen LogP contribution < -0.4 is 10.2 Å². The number of aromatic nitrogens is 1. The maximum atomic E-state index is 5.18. The first-order valence-electron chi connectivity index (χ1n) is 5.91. The molecule has 17 heavy (non-hydrogen) atoms. The number of hydrogen-bond acceptors (Lipinski definition) is 4. The number of nitrogens with zero attached hydrogens (tertiary/aromatic N) is 2. The van der Waals surface area contributed by atoms with Crippen LogP contribution >= 0.6 is 0 Å². The number of nitrogens with one attached hydrogen (secondary N) is 1. The highest BCUT2D eigenvalue weighted by Crippen LogP contribution is 2.29. The Morgan fingerprint density at radius 1 is 1.29 bits per heavy atom. The summed E-state index contributed by atoms with van der Waals surface area (Å²) in [7, 11) is 0. The van der Waals surface area contributed by atoms with E-state index in [-0.39, 0.29) is 0 Å². The highest BCUT2D eigenvalue weighted by molar-refractivity contribution is 5.70. The third-order valence-electron chi connectivity index (χ3n) is 3.00. The smallest absolute Gasteiger partial charge is 0.155 e. The van der Waals surface area contributed by atoms with Gasteiger partial charge in [-0.25, -0.2) is 0 Å². The van der Waals surface area contributed by atoms with E-state index >= 15 is 0 Å². The number of anilines is 2. The highest BCUT2D eigenvalue weighted by Gasteiger charge is 2.15. The van der Waals surface area contributed by atoms with Crippen molar-refractivity contribution in [2.24, 2.45) is 0 Å². The Hall–Kier alpha value is -1.97. The molecule has 3 rings (SSSR count). The van der Waals surface area contributed by atoms with Gasteiger partial charge in [-0.05, 0) is 18.6 Å². The Labute approximate surface area is 100 Å². The predicted octanol–water partition coefficient (Wildman–Crippen LogP) is 2.50. The normalized spacial score (nSPS) is 14.9. The van der Waals surface area contributed by atoms with Gasteiger partial charge in [-0.2, -0.15) is 0 Å². The van der Waals surface area contributed by atoms with Gasteiger partial charge < -0.3 is 14.7 Å². The average molecular weight is 229 g/mol. The molecule has 4 heteroatoms. The summed E-state index contributed by atoms with van der Waals surface area (Å²) in [6.07, 6.45) is 2.82. The fraction of sp³-hybridized carbons (Fsp3) is 0.308. The molecule has 0 saturated heterocycles. The van der Waals surface area contributed by atoms with E-state index in [4.69, 9.17) is 4.52 Å². The molecule has 0 saturated carbocycles. The number of para-hydroxylation sites is 2. The largest absolute Gasteiger partial charge is 0.383 e. The number of rotatable bonds is 2. The van der Waals surface area contributed by atoms with E-state index in [1.807, 2.05) is 6.07 Å². The van der Waals surface area contributed by atoms with Gasteiger partial charge in [0.2, 0.25) is 0 Å². The van der Waals surface area contributed by atoms with Crippen LogP contribution in [0.5, 0.6) is 0 Å². The van der Waals surface area contributed by atoms with Gasteiger partial charge in [0, 0.05) is 19.2 Å². The number of benzene rings is 1. The third-order valence-corrected chi connectivity index (χ3v) is 3.00. The molecule has 1 aromatic carbocycles. The fourth-order valence-electron chi connectivity index (χ4n) is 2.19. The van der Waals surface area contributed by atoms with E-state index in [0.717, 1.165) is 31.8 Å². The molecule has 1 aliphatic heterocycles. The van der Waals surface area contributed by atoms with Crippen LogP contribution in [0.2, 0.25) is 0 Å². The molecule has 0 amide bonds. The summed E-state index contributed by atoms with van der Waals surface area (Å²) in [6.45, 7) is 2.83. The van der Waals surface area contributed by atoms with Crippen LogP contribution in [0.1, 0.15) is 12.2 Å². The van der Waals surface area contributed by atoms with Gasteiger partial charge in [0.25, 0.3) is 0 Å². The second-order valence-electron chi connectivity index (χ2n) is 4.20. The van der Waals surface area contributed by atoms with Gasteiger partial charge in [-0.1, -0.05) is 17.3 Å². The number of hydrogen-bond donors (Lipinski definition) is 1. The fourth-order valence-corrected chi connectivity index (χ4v) is 2.19. The zero-order chi connectivity index (χ0) is 11.5. The lowest BCUT2D eigenvalue weighted by Crippen LogP contribution is -2.22. The minimum absolute atomic E-state index is 0.776. The molecule has 1 aromatic heterocycles. The van der Waals surface area contributed by atoms with Crippen molar-refractivity contribution in [1.29, 1.82) is 0 Å². The Morgan fingerprint density at radius 2 is 2.24 bits per heavy atom. The van der Waals surface area contributed by atoms with Crippen LogP contribution in [0.4, 0.5) is 11.4 Å². The van der Waals surface area contributed by atoms with Crippen molar-refractivity contribution in [2.45, 2.75) is 13.0 Å². The van der Waals surface area contributed by atoms with Crippen molar-refractivity contribution >= 4 is 11.4 Å². The van der Waals surface area contributed by atoms with Gasteiger partial charge in [-0.3, -0.25) is 0 Å². The molecule has 2 aromatic rings. The summed E-state index contributed by atoms with van der Waals surface area (Å²) in [6, 6.07) is 10.3. The maximum absolute atomic E-state index is 5.18. The second kappa shape index (κ2) is 4.49.